The molecule has 8 aromatic carbocycles. The molecule has 51 heavy (non-hydrogen) atoms. The van der Waals surface area contributed by atoms with Crippen molar-refractivity contribution in [2.24, 2.45) is 0 Å². The van der Waals surface area contributed by atoms with Crippen LogP contribution in [0.1, 0.15) is 16.7 Å². The lowest BCUT2D eigenvalue weighted by Gasteiger charge is -2.18. The van der Waals surface area contributed by atoms with Gasteiger partial charge in [-0.05, 0) is 86.3 Å². The van der Waals surface area contributed by atoms with Crippen molar-refractivity contribution < 1.29 is 0 Å². The number of nitrogens with zero attached hydrogens (tertiary/aromatic N) is 4. The number of aromatic nitrogens is 1. The van der Waals surface area contributed by atoms with Crippen LogP contribution in [0.3, 0.4) is 0 Å². The van der Waals surface area contributed by atoms with Crippen LogP contribution < -0.4 is 0 Å². The second kappa shape index (κ2) is 11.9. The Morgan fingerprint density at radius 2 is 0.902 bits per heavy atom. The first-order valence-electron chi connectivity index (χ1n) is 16.7. The van der Waals surface area contributed by atoms with Crippen molar-refractivity contribution in [3.63, 3.8) is 0 Å². The molecule has 4 heteroatoms. The molecule has 0 fully saturated rings. The second-order valence-corrected chi connectivity index (χ2v) is 12.6. The van der Waals surface area contributed by atoms with Crippen molar-refractivity contribution in [3.05, 3.63) is 174 Å². The van der Waals surface area contributed by atoms with E-state index in [0.717, 1.165) is 65.7 Å². The Labute approximate surface area is 294 Å². The van der Waals surface area contributed by atoms with Gasteiger partial charge >= 0.3 is 0 Å². The van der Waals surface area contributed by atoms with E-state index in [1.807, 2.05) is 72.8 Å². The van der Waals surface area contributed by atoms with E-state index < -0.39 is 0 Å². The highest BCUT2D eigenvalue weighted by molar-refractivity contribution is 6.21. The first-order valence-corrected chi connectivity index (χ1v) is 16.7. The fourth-order valence-corrected chi connectivity index (χ4v) is 7.70. The molecule has 0 N–H and O–H groups in total. The second-order valence-electron chi connectivity index (χ2n) is 12.6. The minimum atomic E-state index is 0.472. The van der Waals surface area contributed by atoms with Crippen molar-refractivity contribution >= 4 is 43.4 Å². The number of benzene rings is 8. The van der Waals surface area contributed by atoms with Gasteiger partial charge in [-0.2, -0.15) is 15.8 Å². The Hall–Kier alpha value is -7.45. The van der Waals surface area contributed by atoms with Gasteiger partial charge in [0.15, 0.2) is 0 Å². The predicted octanol–water partition coefficient (Wildman–Crippen LogP) is 11.7. The summed E-state index contributed by atoms with van der Waals surface area (Å²) in [6, 6.07) is 60.1. The normalized spacial score (nSPS) is 11.1. The summed E-state index contributed by atoms with van der Waals surface area (Å²) in [5.74, 6) is 0. The van der Waals surface area contributed by atoms with Crippen molar-refractivity contribution in [1.82, 2.24) is 4.57 Å². The molecule has 0 aliphatic carbocycles. The summed E-state index contributed by atoms with van der Waals surface area (Å²) < 4.78 is 2.13. The van der Waals surface area contributed by atoms with Crippen LogP contribution in [0.5, 0.6) is 0 Å². The molecule has 1 heterocycles. The van der Waals surface area contributed by atoms with Gasteiger partial charge in [0.2, 0.25) is 0 Å². The molecule has 0 unspecified atom stereocenters. The third kappa shape index (κ3) is 4.66. The molecule has 9 aromatic rings. The van der Waals surface area contributed by atoms with Gasteiger partial charge in [0.1, 0.15) is 0 Å². The maximum atomic E-state index is 10.6. The zero-order chi connectivity index (χ0) is 34.5. The largest absolute Gasteiger partial charge is 0.309 e. The molecule has 0 bridgehead atoms. The molecule has 0 saturated carbocycles. The average Bonchev–Trinajstić information content (AvgIpc) is 3.53. The smallest absolute Gasteiger partial charge is 0.0998 e. The van der Waals surface area contributed by atoms with E-state index >= 15 is 0 Å². The van der Waals surface area contributed by atoms with Crippen LogP contribution in [0.15, 0.2) is 158 Å². The van der Waals surface area contributed by atoms with Gasteiger partial charge in [-0.25, -0.2) is 0 Å². The maximum Gasteiger partial charge on any atom is 0.0998 e. The van der Waals surface area contributed by atoms with Crippen LogP contribution in [-0.4, -0.2) is 4.57 Å². The van der Waals surface area contributed by atoms with Gasteiger partial charge in [0, 0.05) is 27.6 Å². The molecule has 0 saturated heterocycles. The number of fused-ring (bicyclic) bond motifs is 5. The molecule has 0 amide bonds. The van der Waals surface area contributed by atoms with Crippen molar-refractivity contribution in [1.29, 1.82) is 15.8 Å². The van der Waals surface area contributed by atoms with Gasteiger partial charge in [-0.15, -0.1) is 0 Å². The number of para-hydroxylation sites is 1. The van der Waals surface area contributed by atoms with E-state index in [1.165, 1.54) is 5.56 Å². The summed E-state index contributed by atoms with van der Waals surface area (Å²) in [7, 11) is 0. The average molecular weight is 647 g/mol. The van der Waals surface area contributed by atoms with Crippen LogP contribution in [0.2, 0.25) is 0 Å². The fraction of sp³-hybridized carbons (Fsp3) is 0. The van der Waals surface area contributed by atoms with Crippen molar-refractivity contribution in [3.8, 4) is 57.3 Å². The number of hydrogen-bond donors (Lipinski definition) is 0. The number of rotatable bonds is 4. The van der Waals surface area contributed by atoms with Gasteiger partial charge in [0.05, 0.1) is 45.9 Å². The molecule has 1 aromatic heterocycles. The fourth-order valence-electron chi connectivity index (χ4n) is 7.70. The van der Waals surface area contributed by atoms with Crippen LogP contribution in [0, 0.1) is 34.0 Å². The van der Waals surface area contributed by atoms with Crippen molar-refractivity contribution in [2.45, 2.75) is 0 Å². The molecule has 0 spiro atoms. The Morgan fingerprint density at radius 3 is 1.53 bits per heavy atom. The summed E-state index contributed by atoms with van der Waals surface area (Å²) in [6.45, 7) is 0. The highest BCUT2D eigenvalue weighted by Crippen LogP contribution is 2.44. The van der Waals surface area contributed by atoms with E-state index in [0.29, 0.717) is 27.8 Å². The minimum absolute atomic E-state index is 0.472. The minimum Gasteiger partial charge on any atom is -0.309 e. The van der Waals surface area contributed by atoms with E-state index in [4.69, 9.17) is 0 Å². The highest BCUT2D eigenvalue weighted by Gasteiger charge is 2.19. The Bertz CT molecular complexity index is 2940. The third-order valence-corrected chi connectivity index (χ3v) is 9.90. The van der Waals surface area contributed by atoms with Crippen LogP contribution in [0.25, 0.3) is 82.4 Å². The lowest BCUT2D eigenvalue weighted by Crippen LogP contribution is -1.97. The quantitative estimate of drug-likeness (QED) is 0.179. The Morgan fingerprint density at radius 1 is 0.373 bits per heavy atom. The SMILES string of the molecule is N#Cc1ccc2c(c1)c1ccccc1n2-c1ccc(-c2ccc(-c3c4ccccc4c(-c4ccccc4)c4ccccc34)cc2C#N)c(C#N)c1. The Balaban J connectivity index is 1.22. The van der Waals surface area contributed by atoms with Crippen molar-refractivity contribution in [2.75, 3.05) is 0 Å². The van der Waals surface area contributed by atoms with Crippen LogP contribution >= 0.6 is 0 Å². The molecule has 0 radical (unpaired) electrons. The molecule has 0 aliphatic heterocycles. The lowest BCUT2D eigenvalue weighted by molar-refractivity contribution is 1.18. The maximum absolute atomic E-state index is 10.6. The van der Waals surface area contributed by atoms with E-state index in [-0.39, 0.29) is 0 Å². The van der Waals surface area contributed by atoms with Gasteiger partial charge in [-0.3, -0.25) is 0 Å². The van der Waals surface area contributed by atoms with Gasteiger partial charge < -0.3 is 4.57 Å². The topological polar surface area (TPSA) is 76.3 Å². The molecule has 0 atom stereocenters. The van der Waals surface area contributed by atoms with E-state index in [1.54, 1.807) is 0 Å². The molecular weight excluding hydrogens is 621 g/mol. The monoisotopic (exact) mass is 646 g/mol. The van der Waals surface area contributed by atoms with E-state index in [2.05, 4.69) is 108 Å². The van der Waals surface area contributed by atoms with Gasteiger partial charge in [-0.1, -0.05) is 115 Å². The zero-order valence-electron chi connectivity index (χ0n) is 27.3. The molecule has 234 valence electrons. The summed E-state index contributed by atoms with van der Waals surface area (Å²) in [4.78, 5) is 0. The Kier molecular flexibility index (Phi) is 6.93. The first-order chi connectivity index (χ1) is 25.2. The van der Waals surface area contributed by atoms with Crippen LogP contribution in [0.4, 0.5) is 0 Å². The number of nitriles is 3. The zero-order valence-corrected chi connectivity index (χ0v) is 27.3. The number of hydrogen-bond acceptors (Lipinski definition) is 3. The highest BCUT2D eigenvalue weighted by atomic mass is 15.0. The lowest BCUT2D eigenvalue weighted by atomic mass is 9.85. The third-order valence-electron chi connectivity index (χ3n) is 9.90. The molecule has 9 rings (SSSR count). The van der Waals surface area contributed by atoms with Crippen LogP contribution in [-0.2, 0) is 0 Å². The first kappa shape index (κ1) is 29.7. The summed E-state index contributed by atoms with van der Waals surface area (Å²) in [6.07, 6.45) is 0. The predicted molar refractivity (Wildman–Crippen MR) is 206 cm³/mol. The summed E-state index contributed by atoms with van der Waals surface area (Å²) in [5, 5.41) is 37.1. The van der Waals surface area contributed by atoms with E-state index in [9.17, 15) is 15.8 Å². The standard InChI is InChI=1S/C47H26N4/c48-27-30-18-23-45-43(24-30)38-12-8-9-17-44(38)51(45)35-20-22-37(34(26-35)29-50)36-21-19-32(25-33(36)28-49)47-41-15-6-4-13-39(41)46(31-10-2-1-3-11-31)40-14-5-7-16-42(40)47/h1-26H. The van der Waals surface area contributed by atoms with Gasteiger partial charge in [0.25, 0.3) is 0 Å². The molecule has 0 aliphatic rings. The molecular formula is C47H26N4. The molecule has 4 nitrogen and oxygen atoms in total. The summed E-state index contributed by atoms with van der Waals surface area (Å²) >= 11 is 0. The summed E-state index contributed by atoms with van der Waals surface area (Å²) in [5.41, 5.74) is 10.1.